The van der Waals surface area contributed by atoms with E-state index in [9.17, 15) is 0 Å². The van der Waals surface area contributed by atoms with Crippen LogP contribution in [0.15, 0.2) is 18.2 Å². The van der Waals surface area contributed by atoms with E-state index in [-0.39, 0.29) is 5.54 Å². The number of ether oxygens (including phenoxy) is 1. The van der Waals surface area contributed by atoms with Gasteiger partial charge in [0, 0.05) is 10.6 Å². The molecule has 1 atom stereocenters. The van der Waals surface area contributed by atoms with Gasteiger partial charge in [-0.15, -0.1) is 0 Å². The third-order valence-electron chi connectivity index (χ3n) is 4.10. The average molecular weight is 252 g/mol. The van der Waals surface area contributed by atoms with Crippen molar-refractivity contribution in [3.05, 3.63) is 28.8 Å². The van der Waals surface area contributed by atoms with Crippen LogP contribution in [-0.2, 0) is 5.54 Å². The maximum atomic E-state index is 6.16. The molecule has 0 spiro atoms. The summed E-state index contributed by atoms with van der Waals surface area (Å²) < 4.78 is 5.52. The molecule has 1 saturated carbocycles. The smallest absolute Gasteiger partial charge is 0.124 e. The molecule has 1 unspecified atom stereocenters. The average Bonchev–Trinajstić information content (AvgIpc) is 3.08. The van der Waals surface area contributed by atoms with E-state index in [0.717, 1.165) is 23.2 Å². The van der Waals surface area contributed by atoms with Crippen LogP contribution in [0.1, 0.15) is 31.2 Å². The molecule has 1 N–H and O–H groups in total. The lowest BCUT2D eigenvalue weighted by Crippen LogP contribution is -2.39. The summed E-state index contributed by atoms with van der Waals surface area (Å²) in [5.74, 6) is 1.73. The zero-order valence-corrected chi connectivity index (χ0v) is 10.9. The Bertz CT molecular complexity index is 422. The Morgan fingerprint density at radius 1 is 1.41 bits per heavy atom. The summed E-state index contributed by atoms with van der Waals surface area (Å²) in [7, 11) is 1.74. The molecular weight excluding hydrogens is 234 g/mol. The van der Waals surface area contributed by atoms with Crippen LogP contribution < -0.4 is 10.1 Å². The highest BCUT2D eigenvalue weighted by Gasteiger charge is 2.49. The topological polar surface area (TPSA) is 21.3 Å². The van der Waals surface area contributed by atoms with Gasteiger partial charge in [0.1, 0.15) is 5.75 Å². The second-order valence-electron chi connectivity index (χ2n) is 5.12. The zero-order chi connectivity index (χ0) is 11.9. The van der Waals surface area contributed by atoms with Gasteiger partial charge in [-0.25, -0.2) is 0 Å². The Morgan fingerprint density at radius 2 is 2.24 bits per heavy atom. The van der Waals surface area contributed by atoms with Gasteiger partial charge < -0.3 is 10.1 Å². The molecule has 2 nitrogen and oxygen atoms in total. The number of nitrogens with one attached hydrogen (secondary N) is 1. The highest BCUT2D eigenvalue weighted by atomic mass is 35.5. The minimum Gasteiger partial charge on any atom is -0.496 e. The van der Waals surface area contributed by atoms with Crippen molar-refractivity contribution in [3.8, 4) is 5.75 Å². The first-order chi connectivity index (χ1) is 8.26. The van der Waals surface area contributed by atoms with Gasteiger partial charge in [-0.05, 0) is 56.3 Å². The van der Waals surface area contributed by atoms with E-state index in [4.69, 9.17) is 16.3 Å². The van der Waals surface area contributed by atoms with Crippen LogP contribution in [0, 0.1) is 5.92 Å². The van der Waals surface area contributed by atoms with Gasteiger partial charge in [0.15, 0.2) is 0 Å². The standard InChI is InChI=1S/C14H18ClNO/c1-17-13-6-5-11(15)9-12(13)14(10-3-4-10)7-2-8-16-14/h5-6,9-10,16H,2-4,7-8H2,1H3. The fraction of sp³-hybridized carbons (Fsp3) is 0.571. The summed E-state index contributed by atoms with van der Waals surface area (Å²) in [6, 6.07) is 5.97. The van der Waals surface area contributed by atoms with Crippen molar-refractivity contribution in [1.82, 2.24) is 5.32 Å². The Kier molecular flexibility index (Phi) is 2.80. The molecule has 17 heavy (non-hydrogen) atoms. The molecule has 0 amide bonds. The van der Waals surface area contributed by atoms with Gasteiger partial charge in [0.05, 0.1) is 12.6 Å². The molecule has 92 valence electrons. The third kappa shape index (κ3) is 1.84. The Morgan fingerprint density at radius 3 is 2.82 bits per heavy atom. The molecule has 0 bridgehead atoms. The van der Waals surface area contributed by atoms with Crippen molar-refractivity contribution in [2.45, 2.75) is 31.2 Å². The van der Waals surface area contributed by atoms with Crippen molar-refractivity contribution in [1.29, 1.82) is 0 Å². The van der Waals surface area contributed by atoms with E-state index in [1.807, 2.05) is 12.1 Å². The SMILES string of the molecule is COc1ccc(Cl)cc1C1(C2CC2)CCCN1. The van der Waals surface area contributed by atoms with Crippen molar-refractivity contribution in [3.63, 3.8) is 0 Å². The number of rotatable bonds is 3. The molecule has 1 aliphatic heterocycles. The first-order valence-electron chi connectivity index (χ1n) is 6.35. The third-order valence-corrected chi connectivity index (χ3v) is 4.34. The predicted molar refractivity (Wildman–Crippen MR) is 69.6 cm³/mol. The van der Waals surface area contributed by atoms with Gasteiger partial charge in [-0.3, -0.25) is 0 Å². The molecule has 2 aliphatic rings. The van der Waals surface area contributed by atoms with Crippen molar-refractivity contribution < 1.29 is 4.74 Å². The van der Waals surface area contributed by atoms with Gasteiger partial charge in [-0.2, -0.15) is 0 Å². The van der Waals surface area contributed by atoms with Crippen LogP contribution in [-0.4, -0.2) is 13.7 Å². The summed E-state index contributed by atoms with van der Waals surface area (Å²) in [5, 5.41) is 4.51. The van der Waals surface area contributed by atoms with Gasteiger partial charge >= 0.3 is 0 Å². The highest BCUT2D eigenvalue weighted by Crippen LogP contribution is 2.52. The van der Waals surface area contributed by atoms with Crippen LogP contribution in [0.2, 0.25) is 5.02 Å². The molecule has 1 heterocycles. The maximum Gasteiger partial charge on any atom is 0.124 e. The lowest BCUT2D eigenvalue weighted by atomic mass is 9.83. The quantitative estimate of drug-likeness (QED) is 0.890. The van der Waals surface area contributed by atoms with Crippen LogP contribution in [0.4, 0.5) is 0 Å². The molecule has 3 rings (SSSR count). The predicted octanol–water partition coefficient (Wildman–Crippen LogP) is 3.34. The largest absolute Gasteiger partial charge is 0.496 e. The van der Waals surface area contributed by atoms with Crippen LogP contribution in [0.3, 0.4) is 0 Å². The molecule has 1 aromatic carbocycles. The normalized spacial score (nSPS) is 28.4. The molecular formula is C14H18ClNO. The fourth-order valence-electron chi connectivity index (χ4n) is 3.17. The van der Waals surface area contributed by atoms with Crippen molar-refractivity contribution in [2.75, 3.05) is 13.7 Å². The molecule has 1 aromatic rings. The van der Waals surface area contributed by atoms with E-state index in [1.54, 1.807) is 7.11 Å². The Labute approximate surface area is 107 Å². The lowest BCUT2D eigenvalue weighted by molar-refractivity contribution is 0.313. The Hall–Kier alpha value is -0.730. The maximum absolute atomic E-state index is 6.16. The highest BCUT2D eigenvalue weighted by molar-refractivity contribution is 6.30. The van der Waals surface area contributed by atoms with E-state index in [0.29, 0.717) is 0 Å². The first-order valence-corrected chi connectivity index (χ1v) is 6.73. The summed E-state index contributed by atoms with van der Waals surface area (Å²) >= 11 is 6.16. The van der Waals surface area contributed by atoms with Crippen LogP contribution >= 0.6 is 11.6 Å². The summed E-state index contributed by atoms with van der Waals surface area (Å²) in [4.78, 5) is 0. The molecule has 1 aliphatic carbocycles. The Balaban J connectivity index is 2.08. The zero-order valence-electron chi connectivity index (χ0n) is 10.1. The molecule has 3 heteroatoms. The number of hydrogen-bond donors (Lipinski definition) is 1. The molecule has 0 radical (unpaired) electrons. The minimum atomic E-state index is 0.121. The number of methoxy groups -OCH3 is 1. The summed E-state index contributed by atoms with van der Waals surface area (Å²) in [6.45, 7) is 1.10. The van der Waals surface area contributed by atoms with Gasteiger partial charge in [0.25, 0.3) is 0 Å². The first kappa shape index (κ1) is 11.4. The van der Waals surface area contributed by atoms with Crippen LogP contribution in [0.5, 0.6) is 5.75 Å². The lowest BCUT2D eigenvalue weighted by Gasteiger charge is -2.32. The van der Waals surface area contributed by atoms with Crippen LogP contribution in [0.25, 0.3) is 0 Å². The fourth-order valence-corrected chi connectivity index (χ4v) is 3.34. The van der Waals surface area contributed by atoms with E-state index in [2.05, 4.69) is 11.4 Å². The minimum absolute atomic E-state index is 0.121. The van der Waals surface area contributed by atoms with Gasteiger partial charge in [0.2, 0.25) is 0 Å². The number of halogens is 1. The van der Waals surface area contributed by atoms with Crippen molar-refractivity contribution >= 4 is 11.6 Å². The van der Waals surface area contributed by atoms with Gasteiger partial charge in [-0.1, -0.05) is 11.6 Å². The van der Waals surface area contributed by atoms with E-state index in [1.165, 1.54) is 31.2 Å². The monoisotopic (exact) mass is 251 g/mol. The van der Waals surface area contributed by atoms with E-state index >= 15 is 0 Å². The second-order valence-corrected chi connectivity index (χ2v) is 5.56. The number of benzene rings is 1. The molecule has 0 aromatic heterocycles. The summed E-state index contributed by atoms with van der Waals surface area (Å²) in [6.07, 6.45) is 5.09. The summed E-state index contributed by atoms with van der Waals surface area (Å²) in [5.41, 5.74) is 1.38. The van der Waals surface area contributed by atoms with Crippen molar-refractivity contribution in [2.24, 2.45) is 5.92 Å². The second kappa shape index (κ2) is 4.18. The molecule has 1 saturated heterocycles. The number of hydrogen-bond acceptors (Lipinski definition) is 2. The molecule has 2 fully saturated rings. The van der Waals surface area contributed by atoms with E-state index < -0.39 is 0 Å².